The largest absolute Gasteiger partial charge is 0.500 e. The zero-order valence-electron chi connectivity index (χ0n) is 31.0. The Bertz CT molecular complexity index is 2250. The summed E-state index contributed by atoms with van der Waals surface area (Å²) in [5.41, 5.74) is 4.93. The van der Waals surface area contributed by atoms with Crippen molar-refractivity contribution in [3.63, 3.8) is 0 Å². The third-order valence-electron chi connectivity index (χ3n) is 7.13. The molecule has 7 aromatic rings. The van der Waals surface area contributed by atoms with Crippen LogP contribution in [0, 0.1) is 23.0 Å². The summed E-state index contributed by atoms with van der Waals surface area (Å²) in [4.78, 5) is 8.89. The van der Waals surface area contributed by atoms with Crippen LogP contribution in [0.4, 0.5) is 0 Å². The molecule has 0 bridgehead atoms. The molecule has 1 radical (unpaired) electrons. The number of pyridine rings is 2. The van der Waals surface area contributed by atoms with E-state index < -0.39 is 23.6 Å². The van der Waals surface area contributed by atoms with Gasteiger partial charge in [-0.15, -0.1) is 54.1 Å². The number of fused-ring (bicyclic) bond motifs is 5. The maximum absolute atomic E-state index is 8.62. The molecule has 0 saturated carbocycles. The smallest absolute Gasteiger partial charge is 0.128 e. The Kier molecular flexibility index (Phi) is 8.39. The predicted molar refractivity (Wildman–Crippen MR) is 188 cm³/mol. The second-order valence-corrected chi connectivity index (χ2v) is 13.2. The summed E-state index contributed by atoms with van der Waals surface area (Å²) in [6, 6.07) is 37.6. The minimum atomic E-state index is -1.50. The van der Waals surface area contributed by atoms with Crippen molar-refractivity contribution >= 4 is 32.7 Å². The molecule has 3 heterocycles. The van der Waals surface area contributed by atoms with Crippen LogP contribution < -0.4 is 0 Å². The average Bonchev–Trinajstić information content (AvgIpc) is 3.48. The molecule has 0 saturated heterocycles. The topological polar surface area (TPSA) is 38.9 Å². The molecule has 0 aliphatic rings. The first-order valence-corrected chi connectivity index (χ1v) is 15.2. The van der Waals surface area contributed by atoms with Crippen LogP contribution in [0.3, 0.4) is 0 Å². The Hall–Kier alpha value is -4.11. The van der Waals surface area contributed by atoms with Crippen LogP contribution in [-0.2, 0) is 32.9 Å². The summed E-state index contributed by atoms with van der Waals surface area (Å²) in [6.07, 6.45) is 0.391. The Morgan fingerprint density at radius 3 is 2.11 bits per heavy atom. The van der Waals surface area contributed by atoms with Crippen molar-refractivity contribution in [3.05, 3.63) is 133 Å². The van der Waals surface area contributed by atoms with Gasteiger partial charge in [0, 0.05) is 48.8 Å². The first kappa shape index (κ1) is 28.1. The Labute approximate surface area is 292 Å². The van der Waals surface area contributed by atoms with E-state index in [1.807, 2.05) is 108 Å². The monoisotopic (exact) mass is 785 g/mol. The summed E-state index contributed by atoms with van der Waals surface area (Å²) in [6.45, 7) is 11.4. The number of benzene rings is 4. The Morgan fingerprint density at radius 1 is 0.652 bits per heavy atom. The van der Waals surface area contributed by atoms with Gasteiger partial charge < -0.3 is 14.4 Å². The van der Waals surface area contributed by atoms with Crippen LogP contribution >= 0.6 is 0 Å². The molecule has 0 aliphatic carbocycles. The zero-order valence-corrected chi connectivity index (χ0v) is 29.4. The molecule has 3 nitrogen and oxygen atoms in total. The van der Waals surface area contributed by atoms with Gasteiger partial charge in [-0.05, 0) is 52.0 Å². The number of nitrogens with zero attached hydrogens (tertiary/aromatic N) is 2. The molecule has 0 unspecified atom stereocenters. The second kappa shape index (κ2) is 13.7. The summed E-state index contributed by atoms with van der Waals surface area (Å²) in [5, 5.41) is 4.27. The molecular weight excluding hydrogens is 741 g/mol. The summed E-state index contributed by atoms with van der Waals surface area (Å²) in [7, 11) is 0. The fraction of sp³-hybridized carbons (Fsp3) is 0.238. The minimum Gasteiger partial charge on any atom is -0.500 e. The van der Waals surface area contributed by atoms with Crippen molar-refractivity contribution in [2.24, 2.45) is 10.8 Å². The van der Waals surface area contributed by atoms with E-state index in [9.17, 15) is 0 Å². The van der Waals surface area contributed by atoms with E-state index in [0.717, 1.165) is 49.5 Å². The zero-order chi connectivity index (χ0) is 35.2. The summed E-state index contributed by atoms with van der Waals surface area (Å²) >= 11 is 0. The molecule has 0 amide bonds. The van der Waals surface area contributed by atoms with Gasteiger partial charge in [-0.2, -0.15) is 0 Å². The van der Waals surface area contributed by atoms with Crippen LogP contribution in [0.5, 0.6) is 0 Å². The molecule has 4 aromatic carbocycles. The molecule has 0 fully saturated rings. The molecule has 235 valence electrons. The van der Waals surface area contributed by atoms with Crippen molar-refractivity contribution in [1.82, 2.24) is 9.97 Å². The second-order valence-electron chi connectivity index (χ2n) is 13.2. The third-order valence-corrected chi connectivity index (χ3v) is 7.13. The first-order valence-electron chi connectivity index (χ1n) is 17.2. The van der Waals surface area contributed by atoms with Gasteiger partial charge in [-0.1, -0.05) is 113 Å². The van der Waals surface area contributed by atoms with Crippen LogP contribution in [0.15, 0.2) is 114 Å². The van der Waals surface area contributed by atoms with Crippen LogP contribution in [-0.4, -0.2) is 9.97 Å². The molecule has 46 heavy (non-hydrogen) atoms. The van der Waals surface area contributed by atoms with Gasteiger partial charge in [-0.25, -0.2) is 0 Å². The van der Waals surface area contributed by atoms with Gasteiger partial charge in [0.05, 0.1) is 5.58 Å². The molecular formula is C42H40IrN2O-2. The fourth-order valence-electron chi connectivity index (χ4n) is 5.35. The SMILES string of the molecule is [2H]C([2H])(c1ccc(-c2[c-]cccc2)nc1)C(C)(C)C.[2H]C([2H])(c1ccnc(-c2[c-]ccc3c2oc2c4ccccc4ccc32)c1)C(C)(C)C.[Ir]. The quantitative estimate of drug-likeness (QED) is 0.167. The maximum Gasteiger partial charge on any atom is 0.128 e. The van der Waals surface area contributed by atoms with Gasteiger partial charge >= 0.3 is 0 Å². The predicted octanol–water partition coefficient (Wildman–Crippen LogP) is 11.3. The van der Waals surface area contributed by atoms with E-state index in [0.29, 0.717) is 16.8 Å². The summed E-state index contributed by atoms with van der Waals surface area (Å²) in [5.74, 6) is 0. The molecule has 7 rings (SSSR count). The van der Waals surface area contributed by atoms with E-state index >= 15 is 0 Å². The first-order chi connectivity index (χ1) is 23.1. The fourth-order valence-corrected chi connectivity index (χ4v) is 5.35. The van der Waals surface area contributed by atoms with E-state index in [1.54, 1.807) is 18.5 Å². The van der Waals surface area contributed by atoms with Crippen molar-refractivity contribution in [2.75, 3.05) is 0 Å². The van der Waals surface area contributed by atoms with Gasteiger partial charge in [0.1, 0.15) is 5.58 Å². The van der Waals surface area contributed by atoms with E-state index in [1.165, 1.54) is 0 Å². The summed E-state index contributed by atoms with van der Waals surface area (Å²) < 4.78 is 40.1. The Balaban J connectivity index is 0.000000211. The van der Waals surface area contributed by atoms with Gasteiger partial charge in [0.25, 0.3) is 0 Å². The number of furan rings is 1. The van der Waals surface area contributed by atoms with Crippen molar-refractivity contribution < 1.29 is 30.0 Å². The van der Waals surface area contributed by atoms with Crippen LogP contribution in [0.2, 0.25) is 0 Å². The van der Waals surface area contributed by atoms with Crippen molar-refractivity contribution in [1.29, 1.82) is 0 Å². The van der Waals surface area contributed by atoms with E-state index in [4.69, 9.17) is 9.90 Å². The van der Waals surface area contributed by atoms with Crippen molar-refractivity contribution in [3.8, 4) is 22.5 Å². The van der Waals surface area contributed by atoms with Gasteiger partial charge in [-0.3, -0.25) is 0 Å². The van der Waals surface area contributed by atoms with Gasteiger partial charge in [0.2, 0.25) is 0 Å². The standard InChI is InChI=1S/C26H22NO.C16H18N.Ir/c1-26(2,3)16-17-13-14-27-23(15-17)22-10-6-9-20-21-12-11-18-7-4-5-8-19(18)24(21)28-25(20)22;1-16(2,3)11-13-9-10-15(17-12-13)14-7-5-4-6-8-14;/h4-9,11-15H,16H2,1-3H3;4-7,9-10,12H,11H2,1-3H3;/q2*-1;/i16D2;11D2;. The van der Waals surface area contributed by atoms with E-state index in [2.05, 4.69) is 46.4 Å². The molecule has 4 heteroatoms. The number of hydrogen-bond donors (Lipinski definition) is 0. The molecule has 0 atom stereocenters. The van der Waals surface area contributed by atoms with Gasteiger partial charge in [0.15, 0.2) is 0 Å². The Morgan fingerprint density at radius 2 is 1.39 bits per heavy atom. The third kappa shape index (κ3) is 7.81. The molecule has 0 aliphatic heterocycles. The number of hydrogen-bond acceptors (Lipinski definition) is 3. The van der Waals surface area contributed by atoms with E-state index in [-0.39, 0.29) is 20.1 Å². The maximum atomic E-state index is 8.62. The minimum absolute atomic E-state index is 0. The molecule has 0 spiro atoms. The van der Waals surface area contributed by atoms with Crippen molar-refractivity contribution in [2.45, 2.75) is 54.3 Å². The average molecular weight is 785 g/mol. The molecule has 3 aromatic heterocycles. The normalized spacial score (nSPS) is 13.6. The van der Waals surface area contributed by atoms with Crippen LogP contribution in [0.1, 0.15) is 58.2 Å². The van der Waals surface area contributed by atoms with Crippen LogP contribution in [0.25, 0.3) is 55.2 Å². The molecule has 0 N–H and O–H groups in total. The number of rotatable bonds is 4. The number of aromatic nitrogens is 2.